The summed E-state index contributed by atoms with van der Waals surface area (Å²) in [5, 5.41) is 3.67. The Bertz CT molecular complexity index is 318. The van der Waals surface area contributed by atoms with Crippen LogP contribution in [0.25, 0.3) is 0 Å². The molecule has 0 bridgehead atoms. The number of rotatable bonds is 6. The first-order chi connectivity index (χ1) is 8.04. The van der Waals surface area contributed by atoms with E-state index in [2.05, 4.69) is 73.2 Å². The van der Waals surface area contributed by atoms with E-state index in [1.54, 1.807) is 0 Å². The highest BCUT2D eigenvalue weighted by atomic mass is 79.9. The fourth-order valence-electron chi connectivity index (χ4n) is 1.76. The Balaban J connectivity index is 2.57. The van der Waals surface area contributed by atoms with E-state index in [-0.39, 0.29) is 0 Å². The van der Waals surface area contributed by atoms with Gasteiger partial charge in [0.05, 0.1) is 0 Å². The molecule has 0 aromatic heterocycles. The second-order valence-electron chi connectivity index (χ2n) is 5.14. The molecule has 0 aliphatic heterocycles. The van der Waals surface area contributed by atoms with Gasteiger partial charge in [0.15, 0.2) is 0 Å². The Kier molecular flexibility index (Phi) is 6.21. The van der Waals surface area contributed by atoms with Crippen molar-refractivity contribution in [2.45, 2.75) is 40.2 Å². The molecule has 1 rings (SSSR count). The van der Waals surface area contributed by atoms with E-state index < -0.39 is 0 Å². The third-order valence-electron chi connectivity index (χ3n) is 3.50. The number of nitrogens with one attached hydrogen (secondary N) is 1. The minimum absolute atomic E-state index is 0.476. The van der Waals surface area contributed by atoms with Crippen LogP contribution in [0.2, 0.25) is 0 Å². The molecule has 0 radical (unpaired) electrons. The first-order valence-corrected chi connectivity index (χ1v) is 7.32. The third kappa shape index (κ3) is 4.81. The molecule has 1 N–H and O–H groups in total. The summed E-state index contributed by atoms with van der Waals surface area (Å²) in [5.74, 6) is 1.46. The lowest BCUT2D eigenvalue weighted by Crippen LogP contribution is -2.28. The predicted molar refractivity (Wildman–Crippen MR) is 79.2 cm³/mol. The maximum Gasteiger partial charge on any atom is 0.0317 e. The van der Waals surface area contributed by atoms with Crippen LogP contribution in [0.3, 0.4) is 0 Å². The number of halogens is 1. The van der Waals surface area contributed by atoms with Gasteiger partial charge in [-0.25, -0.2) is 0 Å². The molecule has 96 valence electrons. The van der Waals surface area contributed by atoms with E-state index in [9.17, 15) is 0 Å². The van der Waals surface area contributed by atoms with Gasteiger partial charge >= 0.3 is 0 Å². The van der Waals surface area contributed by atoms with Crippen molar-refractivity contribution in [1.82, 2.24) is 5.32 Å². The van der Waals surface area contributed by atoms with Gasteiger partial charge in [0.2, 0.25) is 0 Å². The van der Waals surface area contributed by atoms with Gasteiger partial charge in [0.25, 0.3) is 0 Å². The molecule has 2 heteroatoms. The van der Waals surface area contributed by atoms with Crippen LogP contribution in [-0.4, -0.2) is 6.54 Å². The van der Waals surface area contributed by atoms with Crippen molar-refractivity contribution in [2.24, 2.45) is 11.8 Å². The lowest BCUT2D eigenvalue weighted by molar-refractivity contribution is 0.366. The molecule has 0 aliphatic rings. The maximum absolute atomic E-state index is 3.67. The van der Waals surface area contributed by atoms with Gasteiger partial charge in [-0.15, -0.1) is 0 Å². The summed E-state index contributed by atoms with van der Waals surface area (Å²) in [7, 11) is 0. The van der Waals surface area contributed by atoms with Crippen molar-refractivity contribution in [3.05, 3.63) is 34.3 Å². The lowest BCUT2D eigenvalue weighted by Gasteiger charge is -2.22. The fraction of sp³-hybridized carbons (Fsp3) is 0.600. The summed E-state index contributed by atoms with van der Waals surface area (Å²) in [5.41, 5.74) is 1.38. The van der Waals surface area contributed by atoms with Crippen molar-refractivity contribution in [3.63, 3.8) is 0 Å². The second kappa shape index (κ2) is 7.17. The Morgan fingerprint density at radius 3 is 2.18 bits per heavy atom. The van der Waals surface area contributed by atoms with E-state index in [1.807, 2.05) is 0 Å². The van der Waals surface area contributed by atoms with Crippen LogP contribution >= 0.6 is 15.9 Å². The third-order valence-corrected chi connectivity index (χ3v) is 4.03. The highest BCUT2D eigenvalue weighted by Crippen LogP contribution is 2.20. The van der Waals surface area contributed by atoms with Crippen LogP contribution < -0.4 is 5.32 Å². The Labute approximate surface area is 114 Å². The minimum atomic E-state index is 0.476. The van der Waals surface area contributed by atoms with Gasteiger partial charge < -0.3 is 5.32 Å². The Hall–Kier alpha value is -0.340. The molecule has 0 amide bonds. The molecular weight excluding hydrogens is 274 g/mol. The second-order valence-corrected chi connectivity index (χ2v) is 6.06. The van der Waals surface area contributed by atoms with E-state index >= 15 is 0 Å². The molecule has 0 fully saturated rings. The first kappa shape index (κ1) is 14.7. The molecule has 1 aromatic rings. The fourth-order valence-corrected chi connectivity index (χ4v) is 2.02. The zero-order valence-corrected chi connectivity index (χ0v) is 12.9. The van der Waals surface area contributed by atoms with Crippen LogP contribution in [0.5, 0.6) is 0 Å². The Morgan fingerprint density at radius 1 is 1.12 bits per heavy atom. The molecule has 0 aliphatic carbocycles. The van der Waals surface area contributed by atoms with Crippen molar-refractivity contribution in [1.29, 1.82) is 0 Å². The number of benzene rings is 1. The molecule has 0 heterocycles. The smallest absolute Gasteiger partial charge is 0.0317 e. The summed E-state index contributed by atoms with van der Waals surface area (Å²) < 4.78 is 1.15. The van der Waals surface area contributed by atoms with E-state index in [1.165, 1.54) is 5.56 Å². The molecule has 1 aromatic carbocycles. The van der Waals surface area contributed by atoms with E-state index in [0.29, 0.717) is 6.04 Å². The van der Waals surface area contributed by atoms with Crippen molar-refractivity contribution in [3.8, 4) is 0 Å². The predicted octanol–water partition coefficient (Wildman–Crippen LogP) is 4.78. The molecule has 2 unspecified atom stereocenters. The van der Waals surface area contributed by atoms with Crippen molar-refractivity contribution < 1.29 is 0 Å². The molecule has 0 spiro atoms. The average Bonchev–Trinajstić information content (AvgIpc) is 2.31. The lowest BCUT2D eigenvalue weighted by atomic mass is 9.97. The van der Waals surface area contributed by atoms with Gasteiger partial charge in [-0.05, 0) is 42.5 Å². The first-order valence-electron chi connectivity index (χ1n) is 6.53. The zero-order chi connectivity index (χ0) is 12.8. The summed E-state index contributed by atoms with van der Waals surface area (Å²) in [6.45, 7) is 10.2. The quantitative estimate of drug-likeness (QED) is 0.797. The van der Waals surface area contributed by atoms with Crippen LogP contribution in [-0.2, 0) is 0 Å². The van der Waals surface area contributed by atoms with Crippen LogP contribution in [0, 0.1) is 11.8 Å². The highest BCUT2D eigenvalue weighted by Gasteiger charge is 2.12. The number of hydrogen-bond acceptors (Lipinski definition) is 1. The van der Waals surface area contributed by atoms with Crippen molar-refractivity contribution in [2.75, 3.05) is 6.54 Å². The zero-order valence-electron chi connectivity index (χ0n) is 11.3. The van der Waals surface area contributed by atoms with E-state index in [4.69, 9.17) is 0 Å². The minimum Gasteiger partial charge on any atom is -0.310 e. The van der Waals surface area contributed by atoms with Gasteiger partial charge in [0.1, 0.15) is 0 Å². The van der Waals surface area contributed by atoms with Crippen LogP contribution in [0.1, 0.15) is 45.7 Å². The van der Waals surface area contributed by atoms with Gasteiger partial charge in [-0.2, -0.15) is 0 Å². The summed E-state index contributed by atoms with van der Waals surface area (Å²) in [6, 6.07) is 9.11. The maximum atomic E-state index is 3.67. The molecule has 1 nitrogen and oxygen atoms in total. The SMILES string of the molecule is CCC(NCC(C)C(C)C)c1ccc(Br)cc1. The Morgan fingerprint density at radius 2 is 1.71 bits per heavy atom. The number of hydrogen-bond donors (Lipinski definition) is 1. The summed E-state index contributed by atoms with van der Waals surface area (Å²) in [4.78, 5) is 0. The molecule has 0 saturated heterocycles. The van der Waals surface area contributed by atoms with Gasteiger partial charge in [-0.3, -0.25) is 0 Å². The monoisotopic (exact) mass is 297 g/mol. The van der Waals surface area contributed by atoms with Crippen molar-refractivity contribution >= 4 is 15.9 Å². The van der Waals surface area contributed by atoms with Crippen LogP contribution in [0.4, 0.5) is 0 Å². The van der Waals surface area contributed by atoms with E-state index in [0.717, 1.165) is 29.3 Å². The van der Waals surface area contributed by atoms with Gasteiger partial charge in [0, 0.05) is 10.5 Å². The topological polar surface area (TPSA) is 12.0 Å². The molecule has 0 saturated carbocycles. The molecular formula is C15H24BrN. The average molecular weight is 298 g/mol. The standard InChI is InChI=1S/C15H24BrN/c1-5-15(17-10-12(4)11(2)3)13-6-8-14(16)9-7-13/h6-9,11-12,15,17H,5,10H2,1-4H3. The molecule has 2 atom stereocenters. The largest absolute Gasteiger partial charge is 0.310 e. The molecule has 17 heavy (non-hydrogen) atoms. The van der Waals surface area contributed by atoms with Crippen LogP contribution in [0.15, 0.2) is 28.7 Å². The summed E-state index contributed by atoms with van der Waals surface area (Å²) in [6.07, 6.45) is 1.13. The van der Waals surface area contributed by atoms with Gasteiger partial charge in [-0.1, -0.05) is 55.8 Å². The highest BCUT2D eigenvalue weighted by molar-refractivity contribution is 9.10. The summed E-state index contributed by atoms with van der Waals surface area (Å²) >= 11 is 3.48. The normalized spacial score (nSPS) is 14.9.